The third-order valence-corrected chi connectivity index (χ3v) is 6.52. The molecule has 116 valence electrons. The first kappa shape index (κ1) is 14.8. The number of nitrogens with one attached hydrogen (secondary N) is 2. The van der Waals surface area contributed by atoms with Crippen molar-refractivity contribution < 1.29 is 8.42 Å². The van der Waals surface area contributed by atoms with Gasteiger partial charge in [-0.25, -0.2) is 13.1 Å². The lowest BCUT2D eigenvalue weighted by Crippen LogP contribution is -2.44. The van der Waals surface area contributed by atoms with Crippen LogP contribution in [0.25, 0.3) is 0 Å². The molecular weight excluding hydrogens is 286 g/mol. The number of sulfonamides is 1. The van der Waals surface area contributed by atoms with Crippen molar-refractivity contribution >= 4 is 15.7 Å². The Labute approximate surface area is 126 Å². The average molecular weight is 309 g/mol. The zero-order chi connectivity index (χ0) is 15.3. The van der Waals surface area contributed by atoms with Gasteiger partial charge in [-0.1, -0.05) is 0 Å². The van der Waals surface area contributed by atoms with Crippen LogP contribution in [0.5, 0.6) is 0 Å². The SMILES string of the molecule is CNS(=O)(=O)c1ccc(N2CC3CNCC3C2(C)C)cc1. The van der Waals surface area contributed by atoms with E-state index in [1.807, 2.05) is 12.1 Å². The normalized spacial score (nSPS) is 27.9. The van der Waals surface area contributed by atoms with Crippen molar-refractivity contribution in [3.8, 4) is 0 Å². The van der Waals surface area contributed by atoms with E-state index in [-0.39, 0.29) is 5.54 Å². The highest BCUT2D eigenvalue weighted by molar-refractivity contribution is 7.89. The van der Waals surface area contributed by atoms with E-state index in [0.29, 0.717) is 16.7 Å². The quantitative estimate of drug-likeness (QED) is 0.875. The molecule has 3 rings (SSSR count). The van der Waals surface area contributed by atoms with Gasteiger partial charge in [0, 0.05) is 30.9 Å². The van der Waals surface area contributed by atoms with Crippen molar-refractivity contribution in [2.45, 2.75) is 24.3 Å². The van der Waals surface area contributed by atoms with Gasteiger partial charge in [-0.05, 0) is 57.0 Å². The van der Waals surface area contributed by atoms with Crippen LogP contribution in [-0.4, -0.2) is 40.6 Å². The summed E-state index contributed by atoms with van der Waals surface area (Å²) in [6.07, 6.45) is 0. The number of rotatable bonds is 3. The van der Waals surface area contributed by atoms with Crippen molar-refractivity contribution in [3.63, 3.8) is 0 Å². The highest BCUT2D eigenvalue weighted by Crippen LogP contribution is 2.43. The predicted octanol–water partition coefficient (Wildman–Crippen LogP) is 1.03. The Morgan fingerprint density at radius 3 is 2.48 bits per heavy atom. The fraction of sp³-hybridized carbons (Fsp3) is 0.600. The van der Waals surface area contributed by atoms with Gasteiger partial charge in [-0.15, -0.1) is 0 Å². The molecule has 0 bridgehead atoms. The summed E-state index contributed by atoms with van der Waals surface area (Å²) in [5.41, 5.74) is 1.20. The third kappa shape index (κ3) is 2.35. The lowest BCUT2D eigenvalue weighted by molar-refractivity contribution is 0.357. The molecule has 1 aromatic carbocycles. The smallest absolute Gasteiger partial charge is 0.240 e. The van der Waals surface area contributed by atoms with Gasteiger partial charge in [-0.2, -0.15) is 0 Å². The molecule has 2 atom stereocenters. The molecule has 21 heavy (non-hydrogen) atoms. The maximum atomic E-state index is 11.8. The number of hydrogen-bond acceptors (Lipinski definition) is 4. The van der Waals surface area contributed by atoms with Crippen LogP contribution in [0.1, 0.15) is 13.8 Å². The number of hydrogen-bond donors (Lipinski definition) is 2. The van der Waals surface area contributed by atoms with Gasteiger partial charge >= 0.3 is 0 Å². The van der Waals surface area contributed by atoms with Crippen LogP contribution in [-0.2, 0) is 10.0 Å². The van der Waals surface area contributed by atoms with Crippen LogP contribution in [0.2, 0.25) is 0 Å². The minimum Gasteiger partial charge on any atom is -0.366 e. The Morgan fingerprint density at radius 1 is 1.24 bits per heavy atom. The minimum atomic E-state index is -3.36. The van der Waals surface area contributed by atoms with E-state index in [1.165, 1.54) is 7.05 Å². The molecule has 0 saturated carbocycles. The number of anilines is 1. The van der Waals surface area contributed by atoms with Crippen molar-refractivity contribution in [3.05, 3.63) is 24.3 Å². The second-order valence-electron chi connectivity index (χ2n) is 6.49. The first-order valence-corrected chi connectivity index (χ1v) is 8.86. The van der Waals surface area contributed by atoms with Gasteiger partial charge in [0.1, 0.15) is 0 Å². The second-order valence-corrected chi connectivity index (χ2v) is 8.38. The van der Waals surface area contributed by atoms with Crippen LogP contribution in [0.3, 0.4) is 0 Å². The summed E-state index contributed by atoms with van der Waals surface area (Å²) in [6.45, 7) is 7.74. The monoisotopic (exact) mass is 309 g/mol. The molecule has 0 spiro atoms. The third-order valence-electron chi connectivity index (χ3n) is 5.09. The lowest BCUT2D eigenvalue weighted by atomic mass is 9.85. The molecule has 5 nitrogen and oxygen atoms in total. The molecule has 2 aliphatic rings. The average Bonchev–Trinajstić information content (AvgIpc) is 3.02. The van der Waals surface area contributed by atoms with Crippen molar-refractivity contribution in [1.29, 1.82) is 0 Å². The van der Waals surface area contributed by atoms with E-state index in [1.54, 1.807) is 12.1 Å². The summed E-state index contributed by atoms with van der Waals surface area (Å²) in [4.78, 5) is 2.73. The fourth-order valence-electron chi connectivity index (χ4n) is 3.78. The highest BCUT2D eigenvalue weighted by atomic mass is 32.2. The van der Waals surface area contributed by atoms with E-state index in [2.05, 4.69) is 28.8 Å². The molecule has 0 aromatic heterocycles. The van der Waals surface area contributed by atoms with E-state index >= 15 is 0 Å². The van der Waals surface area contributed by atoms with E-state index in [0.717, 1.165) is 25.3 Å². The van der Waals surface area contributed by atoms with Gasteiger partial charge in [0.2, 0.25) is 10.0 Å². The van der Waals surface area contributed by atoms with Gasteiger partial charge in [0.15, 0.2) is 0 Å². The molecule has 2 N–H and O–H groups in total. The molecule has 2 saturated heterocycles. The van der Waals surface area contributed by atoms with Gasteiger partial charge in [0.05, 0.1) is 4.90 Å². The summed E-state index contributed by atoms with van der Waals surface area (Å²) in [5, 5.41) is 3.47. The number of nitrogens with zero attached hydrogens (tertiary/aromatic N) is 1. The van der Waals surface area contributed by atoms with Crippen LogP contribution in [0.15, 0.2) is 29.2 Å². The summed E-state index contributed by atoms with van der Waals surface area (Å²) in [7, 11) is -1.93. The molecule has 0 radical (unpaired) electrons. The number of fused-ring (bicyclic) bond motifs is 1. The molecule has 2 unspecified atom stereocenters. The van der Waals surface area contributed by atoms with Crippen molar-refractivity contribution in [2.24, 2.45) is 11.8 Å². The zero-order valence-corrected chi connectivity index (χ0v) is 13.6. The van der Waals surface area contributed by atoms with Gasteiger partial charge in [-0.3, -0.25) is 0 Å². The molecule has 1 aromatic rings. The molecule has 2 fully saturated rings. The fourth-order valence-corrected chi connectivity index (χ4v) is 4.51. The molecule has 2 heterocycles. The lowest BCUT2D eigenvalue weighted by Gasteiger charge is -2.37. The van der Waals surface area contributed by atoms with Crippen molar-refractivity contribution in [1.82, 2.24) is 10.0 Å². The largest absolute Gasteiger partial charge is 0.366 e. The first-order chi connectivity index (χ1) is 9.86. The van der Waals surface area contributed by atoms with Crippen molar-refractivity contribution in [2.75, 3.05) is 31.6 Å². The predicted molar refractivity (Wildman–Crippen MR) is 84.0 cm³/mol. The standard InChI is InChI=1S/C15H23N3O2S/c1-15(2)14-9-17-8-11(14)10-18(15)12-4-6-13(7-5-12)21(19,20)16-3/h4-7,11,14,16-17H,8-10H2,1-3H3. The molecular formula is C15H23N3O2S. The van der Waals surface area contributed by atoms with Crippen LogP contribution in [0.4, 0.5) is 5.69 Å². The van der Waals surface area contributed by atoms with Gasteiger partial charge in [0.25, 0.3) is 0 Å². The van der Waals surface area contributed by atoms with E-state index < -0.39 is 10.0 Å². The topological polar surface area (TPSA) is 61.4 Å². The molecule has 0 aliphatic carbocycles. The van der Waals surface area contributed by atoms with E-state index in [9.17, 15) is 8.42 Å². The highest BCUT2D eigenvalue weighted by Gasteiger charge is 2.49. The van der Waals surface area contributed by atoms with Crippen LogP contribution in [0, 0.1) is 11.8 Å². The zero-order valence-electron chi connectivity index (χ0n) is 12.8. The van der Waals surface area contributed by atoms with Crippen LogP contribution >= 0.6 is 0 Å². The second kappa shape index (κ2) is 4.97. The summed E-state index contributed by atoms with van der Waals surface area (Å²) in [6, 6.07) is 7.20. The molecule has 0 amide bonds. The summed E-state index contributed by atoms with van der Waals surface area (Å²) >= 11 is 0. The van der Waals surface area contributed by atoms with E-state index in [4.69, 9.17) is 0 Å². The first-order valence-electron chi connectivity index (χ1n) is 7.38. The van der Waals surface area contributed by atoms with Crippen LogP contribution < -0.4 is 14.9 Å². The minimum absolute atomic E-state index is 0.0948. The molecule has 2 aliphatic heterocycles. The Bertz CT molecular complexity index is 625. The summed E-state index contributed by atoms with van der Waals surface area (Å²) < 4.78 is 25.9. The maximum absolute atomic E-state index is 11.8. The Morgan fingerprint density at radius 2 is 1.90 bits per heavy atom. The molecule has 6 heteroatoms. The maximum Gasteiger partial charge on any atom is 0.240 e. The van der Waals surface area contributed by atoms with Gasteiger partial charge < -0.3 is 10.2 Å². The summed E-state index contributed by atoms with van der Waals surface area (Å²) in [5.74, 6) is 1.33. The Balaban J connectivity index is 1.88. The Hall–Kier alpha value is -1.11. The Kier molecular flexibility index (Phi) is 3.50. The number of benzene rings is 1.